The number of nitrogens with zero attached hydrogens (tertiary/aromatic N) is 6. The SMILES string of the molecule is N#CC1(c2ccc(NC(=O)Cn3cc(-c4ccn5ncnc5c4)cn3)cc2)CCC1. The molecule has 0 radical (unpaired) electrons. The van der Waals surface area contributed by atoms with Gasteiger partial charge in [0.15, 0.2) is 5.65 Å². The fourth-order valence-corrected chi connectivity index (χ4v) is 3.81. The Morgan fingerprint density at radius 2 is 2.00 bits per heavy atom. The standard InChI is InChI=1S/C22H19N7O/c23-14-22(7-1-8-22)18-2-4-19(5-3-18)27-21(30)13-28-12-17(11-25-28)16-6-9-29-20(10-16)24-15-26-29/h2-6,9-12,15H,1,7-8,13H2,(H,27,30). The molecular weight excluding hydrogens is 378 g/mol. The first-order valence-corrected chi connectivity index (χ1v) is 9.79. The molecule has 1 aromatic carbocycles. The summed E-state index contributed by atoms with van der Waals surface area (Å²) in [4.78, 5) is 16.6. The van der Waals surface area contributed by atoms with Gasteiger partial charge in [0, 0.05) is 23.6 Å². The first-order valence-electron chi connectivity index (χ1n) is 9.79. The van der Waals surface area contributed by atoms with Gasteiger partial charge in [0.05, 0.1) is 17.7 Å². The highest BCUT2D eigenvalue weighted by atomic mass is 16.2. The van der Waals surface area contributed by atoms with Crippen molar-refractivity contribution in [3.8, 4) is 17.2 Å². The van der Waals surface area contributed by atoms with Gasteiger partial charge in [-0.2, -0.15) is 15.5 Å². The number of carbonyl (C=O) groups is 1. The van der Waals surface area contributed by atoms with Crippen molar-refractivity contribution in [3.05, 3.63) is 66.9 Å². The summed E-state index contributed by atoms with van der Waals surface area (Å²) < 4.78 is 3.29. The Bertz CT molecular complexity index is 1260. The summed E-state index contributed by atoms with van der Waals surface area (Å²) in [6.07, 6.45) is 9.80. The van der Waals surface area contributed by atoms with Crippen molar-refractivity contribution in [1.82, 2.24) is 24.4 Å². The van der Waals surface area contributed by atoms with Crippen LogP contribution in [-0.2, 0) is 16.8 Å². The molecule has 5 rings (SSSR count). The van der Waals surface area contributed by atoms with Gasteiger partial charge in [-0.05, 0) is 54.7 Å². The van der Waals surface area contributed by atoms with E-state index in [0.29, 0.717) is 5.69 Å². The van der Waals surface area contributed by atoms with Crippen LogP contribution in [0.25, 0.3) is 16.8 Å². The van der Waals surface area contributed by atoms with E-state index in [0.717, 1.165) is 41.6 Å². The fourth-order valence-electron chi connectivity index (χ4n) is 3.81. The molecule has 1 aliphatic rings. The van der Waals surface area contributed by atoms with Crippen LogP contribution in [0.15, 0.2) is 61.3 Å². The first kappa shape index (κ1) is 18.1. The third-order valence-electron chi connectivity index (χ3n) is 5.70. The van der Waals surface area contributed by atoms with Crippen molar-refractivity contribution in [2.75, 3.05) is 5.32 Å². The van der Waals surface area contributed by atoms with Crippen LogP contribution in [0, 0.1) is 11.3 Å². The number of aromatic nitrogens is 5. The highest BCUT2D eigenvalue weighted by Gasteiger charge is 2.38. The minimum Gasteiger partial charge on any atom is -0.324 e. The topological polar surface area (TPSA) is 101 Å². The minimum atomic E-state index is -0.344. The second-order valence-corrected chi connectivity index (χ2v) is 7.58. The van der Waals surface area contributed by atoms with E-state index in [4.69, 9.17) is 0 Å². The van der Waals surface area contributed by atoms with Gasteiger partial charge in [-0.1, -0.05) is 12.1 Å². The molecule has 8 heteroatoms. The summed E-state index contributed by atoms with van der Waals surface area (Å²) in [5.41, 5.74) is 4.00. The van der Waals surface area contributed by atoms with Crippen molar-refractivity contribution in [1.29, 1.82) is 5.26 Å². The lowest BCUT2D eigenvalue weighted by Gasteiger charge is -2.35. The Hall–Kier alpha value is -3.99. The van der Waals surface area contributed by atoms with Crippen LogP contribution in [0.4, 0.5) is 5.69 Å². The Balaban J connectivity index is 1.24. The van der Waals surface area contributed by atoms with Crippen LogP contribution < -0.4 is 5.32 Å². The zero-order valence-electron chi connectivity index (χ0n) is 16.2. The molecule has 0 aliphatic heterocycles. The molecule has 1 saturated carbocycles. The van der Waals surface area contributed by atoms with Crippen molar-refractivity contribution < 1.29 is 4.79 Å². The third-order valence-corrected chi connectivity index (χ3v) is 5.70. The lowest BCUT2D eigenvalue weighted by molar-refractivity contribution is -0.116. The lowest BCUT2D eigenvalue weighted by Crippen LogP contribution is -2.32. The summed E-state index contributed by atoms with van der Waals surface area (Å²) >= 11 is 0. The van der Waals surface area contributed by atoms with E-state index in [1.54, 1.807) is 15.4 Å². The number of fused-ring (bicyclic) bond motifs is 1. The van der Waals surface area contributed by atoms with E-state index >= 15 is 0 Å². The molecule has 0 atom stereocenters. The zero-order valence-corrected chi connectivity index (χ0v) is 16.2. The van der Waals surface area contributed by atoms with Gasteiger partial charge in [-0.3, -0.25) is 9.48 Å². The van der Waals surface area contributed by atoms with E-state index in [-0.39, 0.29) is 17.9 Å². The Morgan fingerprint density at radius 3 is 2.73 bits per heavy atom. The molecule has 1 N–H and O–H groups in total. The van der Waals surface area contributed by atoms with Gasteiger partial charge in [0.25, 0.3) is 0 Å². The Labute approximate surface area is 172 Å². The number of pyridine rings is 1. The molecule has 4 aromatic rings. The molecule has 30 heavy (non-hydrogen) atoms. The van der Waals surface area contributed by atoms with Gasteiger partial charge in [0.1, 0.15) is 12.9 Å². The zero-order chi connectivity index (χ0) is 20.6. The van der Waals surface area contributed by atoms with Crippen molar-refractivity contribution in [2.45, 2.75) is 31.2 Å². The van der Waals surface area contributed by atoms with Crippen LogP contribution in [0.1, 0.15) is 24.8 Å². The van der Waals surface area contributed by atoms with Gasteiger partial charge >= 0.3 is 0 Å². The number of hydrogen-bond donors (Lipinski definition) is 1. The second-order valence-electron chi connectivity index (χ2n) is 7.58. The summed E-state index contributed by atoms with van der Waals surface area (Å²) in [5, 5.41) is 20.7. The number of amides is 1. The Kier molecular flexibility index (Phi) is 4.29. The van der Waals surface area contributed by atoms with Crippen molar-refractivity contribution in [3.63, 3.8) is 0 Å². The Morgan fingerprint density at radius 1 is 1.17 bits per heavy atom. The predicted octanol–water partition coefficient (Wildman–Crippen LogP) is 3.18. The predicted molar refractivity (Wildman–Crippen MR) is 110 cm³/mol. The van der Waals surface area contributed by atoms with E-state index in [9.17, 15) is 10.1 Å². The van der Waals surface area contributed by atoms with Gasteiger partial charge in [-0.25, -0.2) is 9.50 Å². The van der Waals surface area contributed by atoms with E-state index in [1.165, 1.54) is 6.33 Å². The summed E-state index contributed by atoms with van der Waals surface area (Å²) in [6.45, 7) is 0.108. The fraction of sp³-hybridized carbons (Fsp3) is 0.227. The smallest absolute Gasteiger partial charge is 0.246 e. The molecular formula is C22H19N7O. The molecule has 8 nitrogen and oxygen atoms in total. The average Bonchev–Trinajstić information content (AvgIpc) is 3.37. The normalized spacial score (nSPS) is 14.8. The van der Waals surface area contributed by atoms with E-state index in [2.05, 4.69) is 26.6 Å². The molecule has 0 unspecified atom stereocenters. The quantitative estimate of drug-likeness (QED) is 0.557. The third kappa shape index (κ3) is 3.20. The summed E-state index contributed by atoms with van der Waals surface area (Å²) in [7, 11) is 0. The maximum absolute atomic E-state index is 12.4. The maximum atomic E-state index is 12.4. The number of anilines is 1. The number of hydrogen-bond acceptors (Lipinski definition) is 5. The van der Waals surface area contributed by atoms with Crippen LogP contribution in [0.5, 0.6) is 0 Å². The van der Waals surface area contributed by atoms with E-state index in [1.807, 2.05) is 48.8 Å². The maximum Gasteiger partial charge on any atom is 0.246 e. The molecule has 1 aliphatic carbocycles. The molecule has 0 spiro atoms. The van der Waals surface area contributed by atoms with Gasteiger partial charge in [0.2, 0.25) is 5.91 Å². The molecule has 3 aromatic heterocycles. The molecule has 148 valence electrons. The molecule has 1 fully saturated rings. The summed E-state index contributed by atoms with van der Waals surface area (Å²) in [6, 6.07) is 13.9. The number of nitriles is 1. The number of carbonyl (C=O) groups excluding carboxylic acids is 1. The molecule has 1 amide bonds. The molecule has 0 bridgehead atoms. The number of rotatable bonds is 5. The summed E-state index contributed by atoms with van der Waals surface area (Å²) in [5.74, 6) is -0.163. The molecule has 0 saturated heterocycles. The van der Waals surface area contributed by atoms with Crippen LogP contribution in [-0.4, -0.2) is 30.3 Å². The van der Waals surface area contributed by atoms with Gasteiger partial charge in [-0.15, -0.1) is 0 Å². The molecule has 3 heterocycles. The lowest BCUT2D eigenvalue weighted by atomic mass is 9.65. The van der Waals surface area contributed by atoms with Crippen LogP contribution in [0.2, 0.25) is 0 Å². The van der Waals surface area contributed by atoms with Gasteiger partial charge < -0.3 is 5.32 Å². The van der Waals surface area contributed by atoms with Crippen molar-refractivity contribution >= 4 is 17.2 Å². The number of benzene rings is 1. The monoisotopic (exact) mass is 397 g/mol. The highest BCUT2D eigenvalue weighted by molar-refractivity contribution is 5.90. The first-order chi connectivity index (χ1) is 14.6. The largest absolute Gasteiger partial charge is 0.324 e. The minimum absolute atomic E-state index is 0.108. The highest BCUT2D eigenvalue weighted by Crippen LogP contribution is 2.43. The van der Waals surface area contributed by atoms with Crippen LogP contribution >= 0.6 is 0 Å². The van der Waals surface area contributed by atoms with E-state index < -0.39 is 0 Å². The number of nitrogens with one attached hydrogen (secondary N) is 1. The average molecular weight is 397 g/mol. The van der Waals surface area contributed by atoms with Crippen molar-refractivity contribution in [2.24, 2.45) is 0 Å². The van der Waals surface area contributed by atoms with Crippen LogP contribution in [0.3, 0.4) is 0 Å². The second kappa shape index (κ2) is 7.12.